The Balaban J connectivity index is 1.00. The highest BCUT2D eigenvalue weighted by Gasteiger charge is 2.20. The summed E-state index contributed by atoms with van der Waals surface area (Å²) in [5.41, 5.74) is 17.3. The Morgan fingerprint density at radius 1 is 0.273 bits per heavy atom. The van der Waals surface area contributed by atoms with Gasteiger partial charge in [-0.1, -0.05) is 140 Å². The average Bonchev–Trinajstić information content (AvgIpc) is 4.14. The van der Waals surface area contributed by atoms with E-state index in [9.17, 15) is 0 Å². The van der Waals surface area contributed by atoms with Crippen molar-refractivity contribution >= 4 is 76.6 Å². The highest BCUT2D eigenvalue weighted by atomic mass is 16.3. The van der Waals surface area contributed by atoms with E-state index >= 15 is 0 Å². The molecule has 5 nitrogen and oxygen atoms in total. The molecule has 0 saturated heterocycles. The number of hydrogen-bond donors (Lipinski definition) is 0. The van der Waals surface area contributed by atoms with Crippen molar-refractivity contribution in [1.82, 2.24) is 18.7 Å². The molecule has 5 heteroatoms. The third-order valence-corrected chi connectivity index (χ3v) is 13.4. The van der Waals surface area contributed by atoms with Gasteiger partial charge >= 0.3 is 0 Å². The summed E-state index contributed by atoms with van der Waals surface area (Å²) in [5, 5.41) is 7.12. The van der Waals surface area contributed by atoms with Crippen LogP contribution in [0, 0.1) is 0 Å². The lowest BCUT2D eigenvalue weighted by Gasteiger charge is -2.17. The van der Waals surface area contributed by atoms with Crippen molar-refractivity contribution in [2.24, 2.45) is 0 Å². The van der Waals surface area contributed by atoms with Crippen molar-refractivity contribution in [3.05, 3.63) is 231 Å². The number of furan rings is 1. The maximum absolute atomic E-state index is 6.21. The normalized spacial score (nSPS) is 11.9. The van der Waals surface area contributed by atoms with Crippen LogP contribution < -0.4 is 0 Å². The van der Waals surface area contributed by atoms with Crippen LogP contribution >= 0.6 is 0 Å². The topological polar surface area (TPSA) is 40.8 Å². The Morgan fingerprint density at radius 3 is 1.48 bits per heavy atom. The van der Waals surface area contributed by atoms with Crippen LogP contribution in [-0.2, 0) is 0 Å². The number of imidazole rings is 1. The number of para-hydroxylation sites is 6. The van der Waals surface area contributed by atoms with Gasteiger partial charge < -0.3 is 13.6 Å². The molecule has 14 rings (SSSR count). The molecule has 14 aromatic rings. The summed E-state index contributed by atoms with van der Waals surface area (Å²) in [4.78, 5) is 5.17. The second kappa shape index (κ2) is 14.3. The van der Waals surface area contributed by atoms with Crippen molar-refractivity contribution in [1.29, 1.82) is 0 Å². The fourth-order valence-corrected chi connectivity index (χ4v) is 10.4. The maximum Gasteiger partial charge on any atom is 0.145 e. The van der Waals surface area contributed by atoms with E-state index in [4.69, 9.17) is 9.40 Å². The molecular formula is C61H38N4O. The molecule has 0 unspecified atom stereocenters. The Labute approximate surface area is 379 Å². The van der Waals surface area contributed by atoms with Gasteiger partial charge in [0, 0.05) is 54.9 Å². The number of rotatable bonds is 6. The zero-order valence-electron chi connectivity index (χ0n) is 35.6. The molecule has 0 aliphatic carbocycles. The number of nitrogens with zero attached hydrogens (tertiary/aromatic N) is 4. The molecule has 0 bridgehead atoms. The number of hydrogen-bond acceptors (Lipinski definition) is 2. The summed E-state index contributed by atoms with van der Waals surface area (Å²) < 4.78 is 13.4. The predicted octanol–water partition coefficient (Wildman–Crippen LogP) is 16.1. The van der Waals surface area contributed by atoms with E-state index in [-0.39, 0.29) is 0 Å². The highest BCUT2D eigenvalue weighted by Crippen LogP contribution is 2.41. The van der Waals surface area contributed by atoms with Crippen molar-refractivity contribution in [2.75, 3.05) is 0 Å². The van der Waals surface area contributed by atoms with Gasteiger partial charge in [-0.3, -0.25) is 4.57 Å². The second-order valence-electron chi connectivity index (χ2n) is 17.2. The molecule has 10 aromatic carbocycles. The van der Waals surface area contributed by atoms with E-state index in [1.165, 1.54) is 32.6 Å². The van der Waals surface area contributed by atoms with Gasteiger partial charge in [0.15, 0.2) is 0 Å². The second-order valence-corrected chi connectivity index (χ2v) is 17.2. The van der Waals surface area contributed by atoms with Crippen LogP contribution in [0.15, 0.2) is 235 Å². The van der Waals surface area contributed by atoms with Crippen LogP contribution in [-0.4, -0.2) is 18.7 Å². The largest absolute Gasteiger partial charge is 0.456 e. The molecular weight excluding hydrogens is 805 g/mol. The molecule has 0 N–H and O–H groups in total. The summed E-state index contributed by atoms with van der Waals surface area (Å²) in [5.74, 6) is 0.913. The Bertz CT molecular complexity index is 4190. The van der Waals surface area contributed by atoms with E-state index in [0.29, 0.717) is 0 Å². The highest BCUT2D eigenvalue weighted by molar-refractivity contribution is 6.12. The Hall–Kier alpha value is -8.93. The summed E-state index contributed by atoms with van der Waals surface area (Å²) in [6.45, 7) is 0. The van der Waals surface area contributed by atoms with Crippen LogP contribution in [0.1, 0.15) is 0 Å². The van der Waals surface area contributed by atoms with E-state index < -0.39 is 0 Å². The van der Waals surface area contributed by atoms with Crippen molar-refractivity contribution < 1.29 is 4.42 Å². The Morgan fingerprint density at radius 2 is 0.773 bits per heavy atom. The quantitative estimate of drug-likeness (QED) is 0.167. The van der Waals surface area contributed by atoms with Crippen molar-refractivity contribution in [3.63, 3.8) is 0 Å². The fourth-order valence-electron chi connectivity index (χ4n) is 10.4. The van der Waals surface area contributed by atoms with Gasteiger partial charge in [-0.2, -0.15) is 0 Å². The van der Waals surface area contributed by atoms with Crippen LogP contribution in [0.2, 0.25) is 0 Å². The predicted molar refractivity (Wildman–Crippen MR) is 273 cm³/mol. The zero-order valence-corrected chi connectivity index (χ0v) is 35.6. The van der Waals surface area contributed by atoms with Crippen LogP contribution in [0.25, 0.3) is 127 Å². The van der Waals surface area contributed by atoms with Gasteiger partial charge in [0.2, 0.25) is 0 Å². The minimum Gasteiger partial charge on any atom is -0.456 e. The van der Waals surface area contributed by atoms with Crippen LogP contribution in [0.3, 0.4) is 0 Å². The van der Waals surface area contributed by atoms with Crippen LogP contribution in [0.5, 0.6) is 0 Å². The summed E-state index contributed by atoms with van der Waals surface area (Å²) in [6, 6.07) is 82.9. The van der Waals surface area contributed by atoms with Crippen LogP contribution in [0.4, 0.5) is 0 Å². The molecule has 0 spiro atoms. The minimum absolute atomic E-state index is 0.900. The van der Waals surface area contributed by atoms with Gasteiger partial charge in [0.25, 0.3) is 0 Å². The lowest BCUT2D eigenvalue weighted by atomic mass is 10.0. The zero-order chi connectivity index (χ0) is 43.3. The maximum atomic E-state index is 6.21. The summed E-state index contributed by atoms with van der Waals surface area (Å²) in [7, 11) is 0. The first-order valence-corrected chi connectivity index (χ1v) is 22.4. The van der Waals surface area contributed by atoms with E-state index in [1.807, 2.05) is 12.1 Å². The van der Waals surface area contributed by atoms with Gasteiger partial charge in [-0.25, -0.2) is 4.98 Å². The average molecular weight is 843 g/mol. The first kappa shape index (κ1) is 36.5. The van der Waals surface area contributed by atoms with E-state index in [1.54, 1.807) is 0 Å². The number of fused-ring (bicyclic) bond motifs is 10. The smallest absolute Gasteiger partial charge is 0.145 e. The van der Waals surface area contributed by atoms with Gasteiger partial charge in [0.1, 0.15) is 17.0 Å². The number of aromatic nitrogens is 4. The molecule has 0 amide bonds. The van der Waals surface area contributed by atoms with Crippen molar-refractivity contribution in [2.45, 2.75) is 0 Å². The third kappa shape index (κ3) is 5.57. The Kier molecular flexibility index (Phi) is 7.91. The summed E-state index contributed by atoms with van der Waals surface area (Å²) in [6.07, 6.45) is 0. The van der Waals surface area contributed by atoms with E-state index in [2.05, 4.69) is 232 Å². The molecule has 0 radical (unpaired) electrons. The lowest BCUT2D eigenvalue weighted by molar-refractivity contribution is 0.669. The first-order chi connectivity index (χ1) is 32.7. The standard InChI is InChI=1S/C61H38N4O/c1-2-15-39(16-3-1)61-62-53-23-8-12-27-58(53)65(61)44-18-14-17-40(33-44)43-34-45(63-54-24-9-4-19-47(54)48-20-5-10-25-55(48)63)38-46(35-43)64-56-26-11-6-21-49(56)51-36-41(29-31-57(51)64)42-30-32-60-52(37-42)50-22-7-13-28-59(50)66-60/h1-38H. The fraction of sp³-hybridized carbons (Fsp3) is 0. The molecule has 308 valence electrons. The van der Waals surface area contributed by atoms with Crippen molar-refractivity contribution in [3.8, 4) is 50.7 Å². The minimum atomic E-state index is 0.900. The molecule has 0 saturated carbocycles. The molecule has 4 aromatic heterocycles. The first-order valence-electron chi connectivity index (χ1n) is 22.4. The molecule has 4 heterocycles. The molecule has 0 atom stereocenters. The third-order valence-electron chi connectivity index (χ3n) is 13.4. The van der Waals surface area contributed by atoms with E-state index in [0.717, 1.165) is 94.7 Å². The van der Waals surface area contributed by atoms with Gasteiger partial charge in [-0.15, -0.1) is 0 Å². The summed E-state index contributed by atoms with van der Waals surface area (Å²) >= 11 is 0. The molecule has 0 fully saturated rings. The molecule has 66 heavy (non-hydrogen) atoms. The van der Waals surface area contributed by atoms with Gasteiger partial charge in [0.05, 0.1) is 33.1 Å². The molecule has 0 aliphatic rings. The lowest BCUT2D eigenvalue weighted by Crippen LogP contribution is -2.01. The monoisotopic (exact) mass is 842 g/mol. The van der Waals surface area contributed by atoms with Gasteiger partial charge in [-0.05, 0) is 113 Å². The number of benzene rings is 10. The SMILES string of the molecule is c1ccc(-c2nc3ccccc3n2-c2cccc(-c3cc(-n4c5ccccc5c5ccccc54)cc(-n4c5ccccc5c5cc(-c6ccc7oc8ccccc8c7c6)ccc54)c3)c2)cc1. The molecule has 0 aliphatic heterocycles.